The molecule has 0 aliphatic carbocycles. The number of esters is 3. The second kappa shape index (κ2) is 14.2. The van der Waals surface area contributed by atoms with Crippen LogP contribution in [0.4, 0.5) is 0 Å². The lowest BCUT2D eigenvalue weighted by atomic mass is 10.0. The van der Waals surface area contributed by atoms with Crippen molar-refractivity contribution in [3.8, 4) is 11.5 Å². The van der Waals surface area contributed by atoms with Gasteiger partial charge >= 0.3 is 17.9 Å². The maximum absolute atomic E-state index is 12.7. The van der Waals surface area contributed by atoms with Crippen LogP contribution in [0.2, 0.25) is 0 Å². The van der Waals surface area contributed by atoms with Gasteiger partial charge in [0.05, 0.1) is 23.3 Å². The number of ether oxygens (including phenoxy) is 5. The molecule has 0 N–H and O–H groups in total. The van der Waals surface area contributed by atoms with Gasteiger partial charge in [-0.3, -0.25) is 0 Å². The minimum absolute atomic E-state index is 0.00848. The molecule has 3 aromatic rings. The number of hydrogen-bond donors (Lipinski definition) is 0. The first-order valence-corrected chi connectivity index (χ1v) is 11.6. The molecular formula is C28H28O8. The Morgan fingerprint density at radius 1 is 0.556 bits per heavy atom. The van der Waals surface area contributed by atoms with Crippen LogP contribution in [0.25, 0.3) is 0 Å². The van der Waals surface area contributed by atoms with E-state index in [0.717, 1.165) is 0 Å². The zero-order chi connectivity index (χ0) is 25.6. The monoisotopic (exact) mass is 492 g/mol. The highest BCUT2D eigenvalue weighted by Crippen LogP contribution is 2.17. The van der Waals surface area contributed by atoms with Crippen LogP contribution in [0.15, 0.2) is 78.9 Å². The number of para-hydroxylation sites is 2. The van der Waals surface area contributed by atoms with Gasteiger partial charge in [-0.05, 0) is 48.9 Å². The van der Waals surface area contributed by atoms with Crippen LogP contribution in [-0.2, 0) is 14.2 Å². The molecule has 0 aliphatic rings. The van der Waals surface area contributed by atoms with Crippen LogP contribution in [0.1, 0.15) is 44.4 Å². The van der Waals surface area contributed by atoms with Gasteiger partial charge in [-0.25, -0.2) is 14.4 Å². The third-order valence-corrected chi connectivity index (χ3v) is 4.79. The Labute approximate surface area is 209 Å². The maximum atomic E-state index is 12.7. The molecule has 0 atom stereocenters. The van der Waals surface area contributed by atoms with Gasteiger partial charge < -0.3 is 23.7 Å². The maximum Gasteiger partial charge on any atom is 0.339 e. The average Bonchev–Trinajstić information content (AvgIpc) is 2.92. The fraction of sp³-hybridized carbons (Fsp3) is 0.250. The van der Waals surface area contributed by atoms with Gasteiger partial charge in [-0.2, -0.15) is 0 Å². The highest BCUT2D eigenvalue weighted by molar-refractivity contribution is 6.05. The molecule has 0 bridgehead atoms. The smallest absolute Gasteiger partial charge is 0.339 e. The van der Waals surface area contributed by atoms with E-state index in [0.29, 0.717) is 17.9 Å². The van der Waals surface area contributed by atoms with Crippen molar-refractivity contribution < 1.29 is 38.1 Å². The van der Waals surface area contributed by atoms with Gasteiger partial charge in [0.15, 0.2) is 0 Å². The lowest BCUT2D eigenvalue weighted by molar-refractivity contribution is 0.0419. The first-order chi connectivity index (χ1) is 17.6. The van der Waals surface area contributed by atoms with Crippen LogP contribution in [0, 0.1) is 0 Å². The summed E-state index contributed by atoms with van der Waals surface area (Å²) < 4.78 is 26.7. The van der Waals surface area contributed by atoms with Crippen molar-refractivity contribution in [1.82, 2.24) is 0 Å². The van der Waals surface area contributed by atoms with Crippen molar-refractivity contribution >= 4 is 17.9 Å². The largest absolute Gasteiger partial charge is 0.490 e. The molecule has 0 fully saturated rings. The Kier molecular flexibility index (Phi) is 10.3. The quantitative estimate of drug-likeness (QED) is 0.192. The van der Waals surface area contributed by atoms with Crippen molar-refractivity contribution in [3.05, 3.63) is 95.6 Å². The Balaban J connectivity index is 1.60. The van der Waals surface area contributed by atoms with Crippen molar-refractivity contribution in [2.75, 3.05) is 33.0 Å². The van der Waals surface area contributed by atoms with Crippen LogP contribution < -0.4 is 9.47 Å². The first kappa shape index (κ1) is 26.3. The third-order valence-electron chi connectivity index (χ3n) is 4.79. The first-order valence-electron chi connectivity index (χ1n) is 11.6. The van der Waals surface area contributed by atoms with E-state index >= 15 is 0 Å². The van der Waals surface area contributed by atoms with E-state index in [1.807, 2.05) is 43.3 Å². The molecule has 0 saturated carbocycles. The third kappa shape index (κ3) is 8.16. The van der Waals surface area contributed by atoms with Gasteiger partial charge in [0.1, 0.15) is 37.9 Å². The van der Waals surface area contributed by atoms with Gasteiger partial charge in [0.2, 0.25) is 0 Å². The summed E-state index contributed by atoms with van der Waals surface area (Å²) in [5, 5.41) is 0. The summed E-state index contributed by atoms with van der Waals surface area (Å²) in [4.78, 5) is 37.8. The Morgan fingerprint density at radius 2 is 1.06 bits per heavy atom. The molecule has 0 heterocycles. The summed E-state index contributed by atoms with van der Waals surface area (Å²) in [7, 11) is 0. The Morgan fingerprint density at radius 3 is 1.61 bits per heavy atom. The molecule has 3 rings (SSSR count). The summed E-state index contributed by atoms with van der Waals surface area (Å²) in [5.74, 6) is -0.814. The summed E-state index contributed by atoms with van der Waals surface area (Å²) in [6, 6.07) is 22.2. The molecule has 0 unspecified atom stereocenters. The number of rotatable bonds is 13. The molecule has 0 aliphatic heterocycles. The molecule has 0 amide bonds. The van der Waals surface area contributed by atoms with Crippen LogP contribution in [0.3, 0.4) is 0 Å². The molecule has 0 spiro atoms. The van der Waals surface area contributed by atoms with Crippen molar-refractivity contribution in [3.63, 3.8) is 0 Å². The van der Waals surface area contributed by atoms with E-state index in [1.165, 1.54) is 18.2 Å². The number of carbonyl (C=O) groups excluding carboxylic acids is 3. The molecule has 0 aromatic heterocycles. The van der Waals surface area contributed by atoms with Crippen molar-refractivity contribution in [1.29, 1.82) is 0 Å². The molecule has 8 nitrogen and oxygen atoms in total. The second-order valence-electron chi connectivity index (χ2n) is 7.49. The van der Waals surface area contributed by atoms with E-state index in [9.17, 15) is 14.4 Å². The predicted octanol–water partition coefficient (Wildman–Crippen LogP) is 4.73. The normalized spacial score (nSPS) is 10.2. The summed E-state index contributed by atoms with van der Waals surface area (Å²) in [5.41, 5.74) is 0.00862. The number of hydrogen-bond acceptors (Lipinski definition) is 8. The van der Waals surface area contributed by atoms with Crippen molar-refractivity contribution in [2.24, 2.45) is 0 Å². The predicted molar refractivity (Wildman–Crippen MR) is 131 cm³/mol. The SMILES string of the molecule is CCCOC(=O)c1cc(C(=O)OCCOc2ccccc2)ccc1C(=O)OCCOc1ccccc1. The number of benzene rings is 3. The minimum atomic E-state index is -0.730. The number of carbonyl (C=O) groups is 3. The van der Waals surface area contributed by atoms with Gasteiger partial charge in [0.25, 0.3) is 0 Å². The fourth-order valence-electron chi connectivity index (χ4n) is 3.07. The zero-order valence-electron chi connectivity index (χ0n) is 20.0. The molecule has 0 radical (unpaired) electrons. The molecule has 36 heavy (non-hydrogen) atoms. The Bertz CT molecular complexity index is 1130. The van der Waals surface area contributed by atoms with E-state index in [1.54, 1.807) is 24.3 Å². The second-order valence-corrected chi connectivity index (χ2v) is 7.49. The highest BCUT2D eigenvalue weighted by atomic mass is 16.6. The summed E-state index contributed by atoms with van der Waals surface area (Å²) in [6.07, 6.45) is 0.603. The molecular weight excluding hydrogens is 464 g/mol. The van der Waals surface area contributed by atoms with E-state index in [-0.39, 0.29) is 49.7 Å². The molecule has 3 aromatic carbocycles. The van der Waals surface area contributed by atoms with E-state index < -0.39 is 17.9 Å². The average molecular weight is 493 g/mol. The van der Waals surface area contributed by atoms with Crippen LogP contribution in [0.5, 0.6) is 11.5 Å². The minimum Gasteiger partial charge on any atom is -0.490 e. The van der Waals surface area contributed by atoms with Crippen LogP contribution in [-0.4, -0.2) is 50.9 Å². The van der Waals surface area contributed by atoms with Gasteiger partial charge in [0, 0.05) is 0 Å². The molecule has 188 valence electrons. The lowest BCUT2D eigenvalue weighted by Gasteiger charge is -2.12. The molecule has 8 heteroatoms. The Hall–Kier alpha value is -4.33. The van der Waals surface area contributed by atoms with Gasteiger partial charge in [-0.15, -0.1) is 0 Å². The van der Waals surface area contributed by atoms with E-state index in [2.05, 4.69) is 0 Å². The molecule has 0 saturated heterocycles. The summed E-state index contributed by atoms with van der Waals surface area (Å²) in [6.45, 7) is 2.30. The standard InChI is InChI=1S/C28H28O8/c1-2-15-34-28(31)25-20-21(26(29)35-18-16-32-22-9-5-3-6-10-22)13-14-24(25)27(30)36-19-17-33-23-11-7-4-8-12-23/h3-14,20H,2,15-19H2,1H3. The summed E-state index contributed by atoms with van der Waals surface area (Å²) >= 11 is 0. The fourth-order valence-corrected chi connectivity index (χ4v) is 3.07. The van der Waals surface area contributed by atoms with Crippen molar-refractivity contribution in [2.45, 2.75) is 13.3 Å². The zero-order valence-corrected chi connectivity index (χ0v) is 20.0. The van der Waals surface area contributed by atoms with Gasteiger partial charge in [-0.1, -0.05) is 43.3 Å². The topological polar surface area (TPSA) is 97.4 Å². The highest BCUT2D eigenvalue weighted by Gasteiger charge is 2.22. The lowest BCUT2D eigenvalue weighted by Crippen LogP contribution is -2.18. The van der Waals surface area contributed by atoms with Crippen LogP contribution >= 0.6 is 0 Å². The van der Waals surface area contributed by atoms with E-state index in [4.69, 9.17) is 23.7 Å².